The second-order valence-corrected chi connectivity index (χ2v) is 3.63. The smallest absolute Gasteiger partial charge is 0.219 e. The summed E-state index contributed by atoms with van der Waals surface area (Å²) in [6.45, 7) is 0. The van der Waals surface area contributed by atoms with E-state index in [1.54, 1.807) is 6.26 Å². The second-order valence-electron chi connectivity index (χ2n) is 1.41. The number of hydrogen-bond acceptors (Lipinski definition) is 6. The van der Waals surface area contributed by atoms with E-state index in [2.05, 4.69) is 20.8 Å². The standard InChI is InChI=1S/C2H4N2O4S3/c1-10-4-2(9)3-7-11(5,6)8-4/h1H3,(H,3,9). The molecule has 0 aromatic rings. The fraction of sp³-hybridized carbons (Fsp3) is 0.500. The van der Waals surface area contributed by atoms with Crippen LogP contribution in [0.15, 0.2) is 0 Å². The lowest BCUT2D eigenvalue weighted by molar-refractivity contribution is 0.0467. The zero-order chi connectivity index (χ0) is 8.48. The molecule has 1 fully saturated rings. The average Bonchev–Trinajstić information content (AvgIpc) is 1.94. The van der Waals surface area contributed by atoms with E-state index in [-0.39, 0.29) is 5.11 Å². The first-order valence-corrected chi connectivity index (χ1v) is 5.25. The third-order valence-electron chi connectivity index (χ3n) is 0.722. The summed E-state index contributed by atoms with van der Waals surface area (Å²) in [5.74, 6) is 0. The zero-order valence-electron chi connectivity index (χ0n) is 5.30. The summed E-state index contributed by atoms with van der Waals surface area (Å²) in [7, 11) is -3.97. The van der Waals surface area contributed by atoms with E-state index in [9.17, 15) is 8.42 Å². The molecule has 0 aromatic carbocycles. The number of rotatable bonds is 1. The molecule has 0 aromatic heterocycles. The van der Waals surface area contributed by atoms with E-state index in [0.717, 1.165) is 16.4 Å². The summed E-state index contributed by atoms with van der Waals surface area (Å²) in [5, 5.41) is 0.0484. The molecule has 0 radical (unpaired) electrons. The van der Waals surface area contributed by atoms with Crippen LogP contribution in [0.25, 0.3) is 0 Å². The molecule has 11 heavy (non-hydrogen) atoms. The van der Waals surface area contributed by atoms with E-state index in [0.29, 0.717) is 0 Å². The maximum atomic E-state index is 10.5. The molecule has 1 rings (SSSR count). The van der Waals surface area contributed by atoms with Gasteiger partial charge in [0.25, 0.3) is 0 Å². The predicted molar refractivity (Wildman–Crippen MR) is 42.2 cm³/mol. The van der Waals surface area contributed by atoms with Crippen molar-refractivity contribution in [3.8, 4) is 0 Å². The summed E-state index contributed by atoms with van der Waals surface area (Å²) >= 11 is 5.61. The summed E-state index contributed by atoms with van der Waals surface area (Å²) < 4.78 is 30.3. The lowest BCUT2D eigenvalue weighted by atomic mass is 11.2. The van der Waals surface area contributed by atoms with Crippen LogP contribution in [0, 0.1) is 0 Å². The molecule has 9 heteroatoms. The van der Waals surface area contributed by atoms with Gasteiger partial charge in [-0.05, 0) is 24.2 Å². The fourth-order valence-corrected chi connectivity index (χ4v) is 1.89. The molecule has 1 aliphatic heterocycles. The van der Waals surface area contributed by atoms with Gasteiger partial charge in [-0.15, -0.1) is 13.0 Å². The molecule has 6 nitrogen and oxygen atoms in total. The number of thiocarbonyl (C=S) groups is 1. The van der Waals surface area contributed by atoms with Crippen LogP contribution in [0.1, 0.15) is 0 Å². The van der Waals surface area contributed by atoms with Crippen molar-refractivity contribution in [3.05, 3.63) is 0 Å². The van der Waals surface area contributed by atoms with Gasteiger partial charge in [0, 0.05) is 6.26 Å². The van der Waals surface area contributed by atoms with E-state index in [1.165, 1.54) is 0 Å². The highest BCUT2D eigenvalue weighted by Crippen LogP contribution is 2.14. The number of nitrogens with zero attached hydrogens (tertiary/aromatic N) is 1. The molecule has 0 unspecified atom stereocenters. The summed E-state index contributed by atoms with van der Waals surface area (Å²) in [4.78, 5) is 0. The van der Waals surface area contributed by atoms with Crippen molar-refractivity contribution < 1.29 is 17.0 Å². The third kappa shape index (κ3) is 2.17. The van der Waals surface area contributed by atoms with E-state index in [4.69, 9.17) is 0 Å². The first-order chi connectivity index (χ1) is 5.05. The Balaban J connectivity index is 2.74. The van der Waals surface area contributed by atoms with Gasteiger partial charge < -0.3 is 0 Å². The van der Waals surface area contributed by atoms with Crippen molar-refractivity contribution in [2.75, 3.05) is 6.26 Å². The predicted octanol–water partition coefficient (Wildman–Crippen LogP) is -0.438. The van der Waals surface area contributed by atoms with Crippen LogP contribution in [-0.2, 0) is 19.0 Å². The van der Waals surface area contributed by atoms with Crippen molar-refractivity contribution in [2.24, 2.45) is 0 Å². The lowest BCUT2D eigenvalue weighted by Crippen LogP contribution is -2.44. The van der Waals surface area contributed by atoms with Gasteiger partial charge in [-0.1, -0.05) is 0 Å². The molecular weight excluding hydrogens is 212 g/mol. The monoisotopic (exact) mass is 216 g/mol. The third-order valence-corrected chi connectivity index (χ3v) is 2.39. The van der Waals surface area contributed by atoms with Gasteiger partial charge in [-0.2, -0.15) is 8.42 Å². The Bertz CT molecular complexity index is 261. The minimum atomic E-state index is -3.97. The van der Waals surface area contributed by atoms with Crippen molar-refractivity contribution in [1.29, 1.82) is 0 Å². The molecule has 1 aliphatic rings. The molecule has 0 amide bonds. The van der Waals surface area contributed by atoms with Crippen molar-refractivity contribution in [3.63, 3.8) is 0 Å². The quantitative estimate of drug-likeness (QED) is 0.467. The van der Waals surface area contributed by atoms with Gasteiger partial charge in [0.2, 0.25) is 5.11 Å². The molecule has 0 saturated carbocycles. The lowest BCUT2D eigenvalue weighted by Gasteiger charge is -2.23. The molecule has 1 heterocycles. The summed E-state index contributed by atoms with van der Waals surface area (Å²) in [6.07, 6.45) is 1.61. The number of hydroxylamine groups is 2. The van der Waals surface area contributed by atoms with E-state index < -0.39 is 10.4 Å². The number of hydrogen-bond donors (Lipinski definition) is 1. The summed E-state index contributed by atoms with van der Waals surface area (Å²) in [5.41, 5.74) is 2.00. The normalized spacial score (nSPS) is 23.0. The molecule has 64 valence electrons. The molecule has 0 aliphatic carbocycles. The van der Waals surface area contributed by atoms with Crippen LogP contribution < -0.4 is 5.48 Å². The van der Waals surface area contributed by atoms with Gasteiger partial charge in [0.1, 0.15) is 0 Å². The van der Waals surface area contributed by atoms with Gasteiger partial charge in [0.15, 0.2) is 0 Å². The van der Waals surface area contributed by atoms with Gasteiger partial charge in [-0.3, -0.25) is 0 Å². The summed E-state index contributed by atoms with van der Waals surface area (Å²) in [6, 6.07) is 0. The molecule has 0 atom stereocenters. The molecule has 1 saturated heterocycles. The van der Waals surface area contributed by atoms with Crippen molar-refractivity contribution in [1.82, 2.24) is 9.95 Å². The van der Waals surface area contributed by atoms with Gasteiger partial charge in [-0.25, -0.2) is 5.48 Å². The van der Waals surface area contributed by atoms with E-state index >= 15 is 0 Å². The van der Waals surface area contributed by atoms with Gasteiger partial charge >= 0.3 is 10.4 Å². The van der Waals surface area contributed by atoms with Crippen molar-refractivity contribution >= 4 is 39.7 Å². The molecule has 1 N–H and O–H groups in total. The highest BCUT2D eigenvalue weighted by Gasteiger charge is 2.27. The highest BCUT2D eigenvalue weighted by molar-refractivity contribution is 7.98. The van der Waals surface area contributed by atoms with Gasteiger partial charge in [0.05, 0.1) is 0 Å². The Morgan fingerprint density at radius 1 is 1.73 bits per heavy atom. The molecular formula is C2H4N2O4S3. The second kappa shape index (κ2) is 3.11. The maximum Gasteiger partial charge on any atom is 0.443 e. The number of nitrogens with one attached hydrogen (secondary N) is 1. The molecule has 0 bridgehead atoms. The van der Waals surface area contributed by atoms with Crippen LogP contribution >= 0.6 is 24.2 Å². The Morgan fingerprint density at radius 2 is 2.36 bits per heavy atom. The minimum Gasteiger partial charge on any atom is -0.219 e. The first-order valence-electron chi connectivity index (χ1n) is 2.32. The van der Waals surface area contributed by atoms with Crippen LogP contribution in [0.2, 0.25) is 0 Å². The SMILES string of the molecule is CSN1OS(=O)(=O)ONC1=S. The highest BCUT2D eigenvalue weighted by atomic mass is 32.3. The maximum absolute atomic E-state index is 10.5. The largest absolute Gasteiger partial charge is 0.443 e. The first kappa shape index (κ1) is 9.00. The van der Waals surface area contributed by atoms with Crippen LogP contribution in [0.3, 0.4) is 0 Å². The Kier molecular flexibility index (Phi) is 2.54. The topological polar surface area (TPSA) is 67.9 Å². The minimum absolute atomic E-state index is 0.0484. The van der Waals surface area contributed by atoms with Crippen molar-refractivity contribution in [2.45, 2.75) is 0 Å². The fourth-order valence-electron chi connectivity index (χ4n) is 0.369. The Morgan fingerprint density at radius 3 is 2.82 bits per heavy atom. The Labute approximate surface area is 73.2 Å². The van der Waals surface area contributed by atoms with Crippen LogP contribution in [0.5, 0.6) is 0 Å². The zero-order valence-corrected chi connectivity index (χ0v) is 7.75. The average molecular weight is 216 g/mol. The van der Waals surface area contributed by atoms with E-state index in [1.807, 2.05) is 5.48 Å². The van der Waals surface area contributed by atoms with Crippen LogP contribution in [-0.4, -0.2) is 24.3 Å². The molecule has 0 spiro atoms. The van der Waals surface area contributed by atoms with Crippen LogP contribution in [0.4, 0.5) is 0 Å². The Hall–Kier alpha value is -0.0900.